The van der Waals surface area contributed by atoms with E-state index in [4.69, 9.17) is 18.5 Å². The van der Waals surface area contributed by atoms with Crippen molar-refractivity contribution >= 4 is 41.3 Å². The molecule has 2 heterocycles. The van der Waals surface area contributed by atoms with Gasteiger partial charge in [0.1, 0.15) is 18.1 Å². The number of fused-ring (bicyclic) bond motifs is 2. The van der Waals surface area contributed by atoms with Crippen molar-refractivity contribution in [2.24, 2.45) is 0 Å². The van der Waals surface area contributed by atoms with E-state index in [1.165, 1.54) is 28.6 Å². The monoisotopic (exact) mass is 969 g/mol. The number of aryl methyl sites for hydroxylation is 1. The van der Waals surface area contributed by atoms with Crippen LogP contribution in [0.15, 0.2) is 119 Å². The zero-order chi connectivity index (χ0) is 49.0. The molecule has 2 atom stereocenters. The Hall–Kier alpha value is -4.58. The van der Waals surface area contributed by atoms with Crippen LogP contribution in [0.4, 0.5) is 11.4 Å². The molecule has 0 amide bonds. The maximum absolute atomic E-state index is 14.0. The van der Waals surface area contributed by atoms with E-state index in [9.17, 15) is 22.3 Å². The molecule has 2 unspecified atom stereocenters. The van der Waals surface area contributed by atoms with Gasteiger partial charge < -0.3 is 23.4 Å². The molecule has 3 aliphatic rings. The van der Waals surface area contributed by atoms with Crippen molar-refractivity contribution in [2.75, 3.05) is 44.0 Å². The number of carbonyl (C=O) groups excluding carboxylic acids is 1. The van der Waals surface area contributed by atoms with E-state index < -0.39 is 23.1 Å². The number of anilines is 1. The predicted molar refractivity (Wildman–Crippen MR) is 273 cm³/mol. The highest BCUT2D eigenvalue weighted by atomic mass is 32.2. The molecule has 13 heteroatoms. The average molecular weight is 970 g/mol. The second-order valence-electron chi connectivity index (χ2n) is 18.6. The summed E-state index contributed by atoms with van der Waals surface area (Å²) in [5, 5.41) is 0. The standard InChI is InChI=1S/C55H73N2O9PS/c1-8-12-33-54(6)47-39-42(5)25-29-49(47)57(36-18-15-19-37-63-41-58)51(54)31-26-43-21-20-22-44(53(43)66-45-23-16-14-17-24-45)27-32-52-55(7,34-38-67(59,64-10-3)65-11-4)48-40-46(68(60,61)62)28-30-50(48)56(52)35-13-9-2/h14,16-17,23-32,39-41H,8-13,15,18-22,33-38H2,1-7H3/p+1. The quantitative estimate of drug-likeness (QED) is 0.0273. The molecule has 0 bridgehead atoms. The van der Waals surface area contributed by atoms with Crippen LogP contribution in [0.1, 0.15) is 135 Å². The third-order valence-electron chi connectivity index (χ3n) is 13.7. The first-order valence-corrected chi connectivity index (χ1v) is 28.0. The van der Waals surface area contributed by atoms with E-state index in [1.807, 2.05) is 30.3 Å². The Labute approximate surface area is 406 Å². The fourth-order valence-electron chi connectivity index (χ4n) is 10.1. The molecule has 11 nitrogen and oxygen atoms in total. The molecule has 1 aliphatic carbocycles. The summed E-state index contributed by atoms with van der Waals surface area (Å²) in [7, 11) is -8.01. The van der Waals surface area contributed by atoms with Crippen LogP contribution in [-0.4, -0.2) is 68.8 Å². The summed E-state index contributed by atoms with van der Waals surface area (Å²) < 4.78 is 75.5. The Bertz CT molecular complexity index is 2560. The van der Waals surface area contributed by atoms with Gasteiger partial charge in [-0.05, 0) is 151 Å². The number of hydrogen-bond donors (Lipinski definition) is 1. The van der Waals surface area contributed by atoms with E-state index in [-0.39, 0.29) is 29.7 Å². The zero-order valence-electron chi connectivity index (χ0n) is 41.4. The molecule has 3 aromatic rings. The number of allylic oxidation sites excluding steroid dienone is 7. The van der Waals surface area contributed by atoms with Gasteiger partial charge in [0.05, 0.1) is 36.3 Å². The molecule has 68 heavy (non-hydrogen) atoms. The number of carbonyl (C=O) groups is 1. The van der Waals surface area contributed by atoms with Crippen molar-refractivity contribution in [1.82, 2.24) is 0 Å². The second-order valence-corrected chi connectivity index (χ2v) is 22.2. The van der Waals surface area contributed by atoms with E-state index in [1.54, 1.807) is 26.0 Å². The lowest BCUT2D eigenvalue weighted by molar-refractivity contribution is -0.438. The Morgan fingerprint density at radius 1 is 0.824 bits per heavy atom. The van der Waals surface area contributed by atoms with Gasteiger partial charge in [0, 0.05) is 47.5 Å². The van der Waals surface area contributed by atoms with Gasteiger partial charge in [-0.25, -0.2) is 0 Å². The van der Waals surface area contributed by atoms with Crippen LogP contribution >= 0.6 is 7.60 Å². The van der Waals surface area contributed by atoms with Crippen LogP contribution < -0.4 is 9.64 Å². The largest absolute Gasteiger partial charge is 0.468 e. The highest BCUT2D eigenvalue weighted by Crippen LogP contribution is 2.56. The third-order valence-corrected chi connectivity index (χ3v) is 16.7. The zero-order valence-corrected chi connectivity index (χ0v) is 43.1. The first-order chi connectivity index (χ1) is 32.7. The number of benzene rings is 3. The molecule has 1 N–H and O–H groups in total. The molecule has 368 valence electrons. The summed E-state index contributed by atoms with van der Waals surface area (Å²) in [4.78, 5) is 12.9. The van der Waals surface area contributed by atoms with Crippen LogP contribution in [0.25, 0.3) is 0 Å². The maximum Gasteiger partial charge on any atom is 0.330 e. The van der Waals surface area contributed by atoms with Gasteiger partial charge in [0.15, 0.2) is 5.71 Å². The lowest BCUT2D eigenvalue weighted by atomic mass is 9.75. The van der Waals surface area contributed by atoms with Crippen molar-refractivity contribution in [2.45, 2.75) is 141 Å². The summed E-state index contributed by atoms with van der Waals surface area (Å²) in [6, 6.07) is 21.5. The van der Waals surface area contributed by atoms with Crippen LogP contribution in [0.2, 0.25) is 0 Å². The van der Waals surface area contributed by atoms with Gasteiger partial charge >= 0.3 is 7.60 Å². The topological polar surface area (TPSA) is 132 Å². The molecular formula is C55H74N2O9PS+. The summed E-state index contributed by atoms with van der Waals surface area (Å²) >= 11 is 0. The van der Waals surface area contributed by atoms with Crippen LogP contribution in [0, 0.1) is 6.92 Å². The number of unbranched alkanes of at least 4 members (excludes halogenated alkanes) is 4. The second kappa shape index (κ2) is 23.8. The Kier molecular flexibility index (Phi) is 18.5. The highest BCUT2D eigenvalue weighted by molar-refractivity contribution is 7.85. The van der Waals surface area contributed by atoms with Crippen molar-refractivity contribution in [1.29, 1.82) is 0 Å². The Morgan fingerprint density at radius 2 is 1.57 bits per heavy atom. The summed E-state index contributed by atoms with van der Waals surface area (Å²) in [6.07, 6.45) is 19.6. The number of ether oxygens (including phenoxy) is 2. The van der Waals surface area contributed by atoms with Gasteiger partial charge in [0.25, 0.3) is 16.6 Å². The molecule has 0 aromatic heterocycles. The first-order valence-electron chi connectivity index (χ1n) is 24.8. The summed E-state index contributed by atoms with van der Waals surface area (Å²) in [5.41, 5.74) is 8.71. The number of hydrogen-bond acceptors (Lipinski definition) is 9. The van der Waals surface area contributed by atoms with Gasteiger partial charge in [0.2, 0.25) is 5.69 Å². The van der Waals surface area contributed by atoms with Gasteiger partial charge in [-0.3, -0.25) is 13.9 Å². The fourth-order valence-corrected chi connectivity index (χ4v) is 12.5. The van der Waals surface area contributed by atoms with E-state index >= 15 is 0 Å². The van der Waals surface area contributed by atoms with Crippen LogP contribution in [-0.2, 0) is 44.1 Å². The minimum atomic E-state index is -4.52. The Morgan fingerprint density at radius 3 is 2.26 bits per heavy atom. The predicted octanol–water partition coefficient (Wildman–Crippen LogP) is 13.2. The molecule has 0 radical (unpaired) electrons. The van der Waals surface area contributed by atoms with Crippen molar-refractivity contribution < 1.29 is 45.4 Å². The number of rotatable bonds is 26. The molecule has 0 saturated heterocycles. The van der Waals surface area contributed by atoms with Crippen molar-refractivity contribution in [3.05, 3.63) is 130 Å². The molecule has 2 aliphatic heterocycles. The normalized spacial score (nSPS) is 20.8. The van der Waals surface area contributed by atoms with E-state index in [0.29, 0.717) is 26.0 Å². The van der Waals surface area contributed by atoms with Gasteiger partial charge in [-0.1, -0.05) is 69.0 Å². The Balaban J connectivity index is 1.51. The minimum Gasteiger partial charge on any atom is -0.468 e. The fraction of sp³-hybridized carbons (Fsp3) is 0.491. The molecule has 6 rings (SSSR count). The van der Waals surface area contributed by atoms with Crippen LogP contribution in [0.3, 0.4) is 0 Å². The third kappa shape index (κ3) is 12.2. The number of nitrogens with zero attached hydrogens (tertiary/aromatic N) is 2. The average Bonchev–Trinajstić information content (AvgIpc) is 3.69. The van der Waals surface area contributed by atoms with Crippen LogP contribution in [0.5, 0.6) is 5.75 Å². The first kappa shape index (κ1) is 52.8. The molecule has 0 spiro atoms. The highest BCUT2D eigenvalue weighted by Gasteiger charge is 2.48. The van der Waals surface area contributed by atoms with Gasteiger partial charge in [-0.2, -0.15) is 13.0 Å². The lowest BCUT2D eigenvalue weighted by Gasteiger charge is -2.32. The smallest absolute Gasteiger partial charge is 0.330 e. The number of para-hydroxylation sites is 1. The molecule has 0 saturated carbocycles. The minimum absolute atomic E-state index is 0.110. The molecule has 0 fully saturated rings. The molecular weight excluding hydrogens is 896 g/mol. The van der Waals surface area contributed by atoms with E-state index in [0.717, 1.165) is 117 Å². The lowest BCUT2D eigenvalue weighted by Crippen LogP contribution is -2.31. The SMILES string of the molecule is CCCCN1/C(=C\C=C2/CCCC(/C=C/C3=[N+](CCCCCOC=O)c4ccc(C)cc4C3(C)CCCC)=C2Oc2ccccc2)C(C)(CCP(=O)(OCC)OCC)c2cc(S(=O)(=O)O)ccc21. The maximum atomic E-state index is 14.0. The van der Waals surface area contributed by atoms with E-state index in [2.05, 4.69) is 86.6 Å². The van der Waals surface area contributed by atoms with Gasteiger partial charge in [-0.15, -0.1) is 0 Å². The summed E-state index contributed by atoms with van der Waals surface area (Å²) in [6.45, 7) is 17.5. The van der Waals surface area contributed by atoms with Crippen molar-refractivity contribution in [3.63, 3.8) is 0 Å². The van der Waals surface area contributed by atoms with Crippen molar-refractivity contribution in [3.8, 4) is 5.75 Å². The summed E-state index contributed by atoms with van der Waals surface area (Å²) in [5.74, 6) is 1.55. The molecule has 3 aromatic carbocycles.